The first kappa shape index (κ1) is 11.9. The van der Waals surface area contributed by atoms with E-state index >= 15 is 0 Å². The van der Waals surface area contributed by atoms with Crippen LogP contribution >= 0.6 is 0 Å². The molecule has 0 bridgehead atoms. The van der Waals surface area contributed by atoms with Crippen molar-refractivity contribution in [3.8, 4) is 0 Å². The van der Waals surface area contributed by atoms with Crippen molar-refractivity contribution in [3.05, 3.63) is 48.4 Å². The second kappa shape index (κ2) is 5.56. The van der Waals surface area contributed by atoms with Gasteiger partial charge in [-0.2, -0.15) is 18.1 Å². The van der Waals surface area contributed by atoms with Gasteiger partial charge >= 0.3 is 32.7 Å². The number of rotatable bonds is 2. The third kappa shape index (κ3) is 3.12. The predicted octanol–water partition coefficient (Wildman–Crippen LogP) is 3.31. The van der Waals surface area contributed by atoms with E-state index in [9.17, 15) is 0 Å². The van der Waals surface area contributed by atoms with Gasteiger partial charge in [-0.25, -0.2) is 0 Å². The van der Waals surface area contributed by atoms with Crippen molar-refractivity contribution in [2.75, 3.05) is 0 Å². The summed E-state index contributed by atoms with van der Waals surface area (Å²) < 4.78 is 0. The molecule has 0 unspecified atom stereocenters. The quantitative estimate of drug-likeness (QED) is 0.688. The Morgan fingerprint density at radius 2 is 1.67 bits per heavy atom. The Morgan fingerprint density at radius 1 is 1.17 bits per heavy atom. The summed E-state index contributed by atoms with van der Waals surface area (Å²) in [5.74, 6) is 1.27. The topological polar surface area (TPSA) is 0 Å². The minimum Gasteiger partial charge on any atom is -0.198 e. The van der Waals surface area contributed by atoms with Gasteiger partial charge in [0.25, 0.3) is 0 Å². The maximum absolute atomic E-state index is 3.99. The van der Waals surface area contributed by atoms with Gasteiger partial charge in [-0.05, 0) is 0 Å². The van der Waals surface area contributed by atoms with Gasteiger partial charge in [0.15, 0.2) is 0 Å². The van der Waals surface area contributed by atoms with E-state index in [1.165, 1.54) is 11.5 Å². The molecule has 12 heavy (non-hydrogen) atoms. The summed E-state index contributed by atoms with van der Waals surface area (Å²) >= 11 is 0. The summed E-state index contributed by atoms with van der Waals surface area (Å²) in [5.41, 5.74) is 2.35. The van der Waals surface area contributed by atoms with E-state index in [0.29, 0.717) is 0 Å². The fraction of sp³-hybridized carbons (Fsp3) is 0.182. The third-order valence-corrected chi connectivity index (χ3v) is 1.73. The molecule has 1 aromatic carbocycles. The van der Waals surface area contributed by atoms with Crippen LogP contribution in [0.4, 0.5) is 0 Å². The third-order valence-electron chi connectivity index (χ3n) is 1.73. The SMILES string of the molecule is C=C(c1ccccc1)[C-](C)C.[Y+3]. The first-order valence-corrected chi connectivity index (χ1v) is 3.76. The maximum atomic E-state index is 3.99. The molecule has 0 radical (unpaired) electrons. The zero-order valence-electron chi connectivity index (χ0n) is 7.67. The van der Waals surface area contributed by atoms with Gasteiger partial charge in [0.1, 0.15) is 0 Å². The molecule has 0 fully saturated rings. The molecule has 0 saturated carbocycles. The first-order chi connectivity index (χ1) is 5.22. The van der Waals surface area contributed by atoms with E-state index < -0.39 is 0 Å². The van der Waals surface area contributed by atoms with Crippen molar-refractivity contribution in [2.45, 2.75) is 13.8 Å². The van der Waals surface area contributed by atoms with Gasteiger partial charge in [-0.3, -0.25) is 0 Å². The van der Waals surface area contributed by atoms with Crippen LogP contribution in [0.3, 0.4) is 0 Å². The standard InChI is InChI=1S/C11H13.Y/c1-9(2)10(3)11-7-5-4-6-8-11;/h4-8H,3H2,1-2H3;/q-1;+3. The Morgan fingerprint density at radius 3 is 2.08 bits per heavy atom. The van der Waals surface area contributed by atoms with E-state index in [2.05, 4.69) is 32.6 Å². The van der Waals surface area contributed by atoms with Crippen molar-refractivity contribution in [3.63, 3.8) is 0 Å². The average molecular weight is 234 g/mol. The van der Waals surface area contributed by atoms with Crippen LogP contribution in [-0.2, 0) is 32.7 Å². The molecule has 0 aromatic heterocycles. The fourth-order valence-corrected chi connectivity index (χ4v) is 0.928. The van der Waals surface area contributed by atoms with Gasteiger partial charge in [0.2, 0.25) is 0 Å². The zero-order valence-corrected chi connectivity index (χ0v) is 10.5. The largest absolute Gasteiger partial charge is 3.00 e. The minimum absolute atomic E-state index is 0. The Balaban J connectivity index is 0.00000121. The summed E-state index contributed by atoms with van der Waals surface area (Å²) in [6.07, 6.45) is 0. The number of allylic oxidation sites excluding steroid dienone is 1. The number of hydrogen-bond donors (Lipinski definition) is 0. The molecular formula is C11H13Y+2. The van der Waals surface area contributed by atoms with E-state index in [4.69, 9.17) is 0 Å². The Bertz CT molecular complexity index is 236. The molecule has 0 atom stereocenters. The smallest absolute Gasteiger partial charge is 0.198 e. The molecule has 0 aliphatic rings. The molecule has 0 nitrogen and oxygen atoms in total. The van der Waals surface area contributed by atoms with Crippen molar-refractivity contribution in [1.82, 2.24) is 0 Å². The van der Waals surface area contributed by atoms with Crippen molar-refractivity contribution < 1.29 is 32.7 Å². The second-order valence-electron chi connectivity index (χ2n) is 2.84. The molecule has 0 amide bonds. The summed E-state index contributed by atoms with van der Waals surface area (Å²) in [7, 11) is 0. The molecule has 0 saturated heterocycles. The number of benzene rings is 1. The monoisotopic (exact) mass is 234 g/mol. The number of hydrogen-bond acceptors (Lipinski definition) is 0. The van der Waals surface area contributed by atoms with Crippen LogP contribution < -0.4 is 0 Å². The van der Waals surface area contributed by atoms with Crippen molar-refractivity contribution >= 4 is 5.57 Å². The van der Waals surface area contributed by atoms with E-state index in [1.54, 1.807) is 0 Å². The van der Waals surface area contributed by atoms with E-state index in [0.717, 1.165) is 5.57 Å². The van der Waals surface area contributed by atoms with Crippen LogP contribution in [0.15, 0.2) is 36.9 Å². The summed E-state index contributed by atoms with van der Waals surface area (Å²) in [5, 5.41) is 0. The second-order valence-corrected chi connectivity index (χ2v) is 2.84. The molecule has 1 heteroatoms. The molecule has 58 valence electrons. The van der Waals surface area contributed by atoms with Crippen LogP contribution in [0, 0.1) is 5.92 Å². The van der Waals surface area contributed by atoms with Gasteiger partial charge in [0, 0.05) is 0 Å². The van der Waals surface area contributed by atoms with Gasteiger partial charge < -0.3 is 0 Å². The Labute approximate surface area is 100.0 Å². The predicted molar refractivity (Wildman–Crippen MR) is 50.1 cm³/mol. The fourth-order valence-electron chi connectivity index (χ4n) is 0.928. The molecule has 0 heterocycles. The Hall–Kier alpha value is -0.0661. The van der Waals surface area contributed by atoms with Crippen LogP contribution in [0.1, 0.15) is 19.4 Å². The minimum atomic E-state index is 0. The van der Waals surface area contributed by atoms with Crippen LogP contribution in [0.5, 0.6) is 0 Å². The molecule has 0 spiro atoms. The maximum Gasteiger partial charge on any atom is 3.00 e. The van der Waals surface area contributed by atoms with Gasteiger partial charge in [-0.15, -0.1) is 17.7 Å². The molecule has 1 rings (SSSR count). The van der Waals surface area contributed by atoms with Gasteiger partial charge in [-0.1, -0.05) is 32.0 Å². The van der Waals surface area contributed by atoms with Gasteiger partial charge in [0.05, 0.1) is 0 Å². The van der Waals surface area contributed by atoms with E-state index in [-0.39, 0.29) is 32.7 Å². The molecule has 0 N–H and O–H groups in total. The molecule has 0 aliphatic heterocycles. The first-order valence-electron chi connectivity index (χ1n) is 3.76. The zero-order chi connectivity index (χ0) is 8.27. The van der Waals surface area contributed by atoms with Crippen LogP contribution in [0.2, 0.25) is 0 Å². The van der Waals surface area contributed by atoms with Crippen LogP contribution in [0.25, 0.3) is 5.57 Å². The van der Waals surface area contributed by atoms with Crippen molar-refractivity contribution in [1.29, 1.82) is 0 Å². The van der Waals surface area contributed by atoms with Crippen molar-refractivity contribution in [2.24, 2.45) is 0 Å². The average Bonchev–Trinajstić information content (AvgIpc) is 2.05. The molecular weight excluding hydrogens is 221 g/mol. The summed E-state index contributed by atoms with van der Waals surface area (Å²) in [4.78, 5) is 0. The van der Waals surface area contributed by atoms with Crippen LogP contribution in [-0.4, -0.2) is 0 Å². The molecule has 0 aliphatic carbocycles. The Kier molecular flexibility index (Phi) is 5.53. The summed E-state index contributed by atoms with van der Waals surface area (Å²) in [6, 6.07) is 10.2. The molecule has 1 aromatic rings. The van der Waals surface area contributed by atoms with E-state index in [1.807, 2.05) is 18.2 Å². The summed E-state index contributed by atoms with van der Waals surface area (Å²) in [6.45, 7) is 8.14. The normalized spacial score (nSPS) is 8.50.